The molecule has 0 spiro atoms. The van der Waals surface area contributed by atoms with E-state index >= 15 is 0 Å². The zero-order valence-corrected chi connectivity index (χ0v) is 13.7. The Morgan fingerprint density at radius 1 is 1.14 bits per heavy atom. The maximum Gasteiger partial charge on any atom is 0.239 e. The van der Waals surface area contributed by atoms with Crippen LogP contribution < -0.4 is 0 Å². The molecule has 2 aliphatic rings. The third-order valence-electron chi connectivity index (χ3n) is 5.08. The van der Waals surface area contributed by atoms with E-state index in [1.165, 1.54) is 12.8 Å². The van der Waals surface area contributed by atoms with Gasteiger partial charge in [0.2, 0.25) is 5.91 Å². The Kier molecular flexibility index (Phi) is 4.76. The summed E-state index contributed by atoms with van der Waals surface area (Å²) < 4.78 is 1.93. The van der Waals surface area contributed by atoms with Crippen LogP contribution in [-0.4, -0.2) is 62.2 Å². The van der Waals surface area contributed by atoms with Gasteiger partial charge in [-0.05, 0) is 46.1 Å². The number of piperidine rings is 2. The first-order valence-electron chi connectivity index (χ1n) is 8.55. The van der Waals surface area contributed by atoms with E-state index in [1.54, 1.807) is 12.7 Å². The molecule has 1 atom stereocenters. The Morgan fingerprint density at radius 2 is 1.91 bits per heavy atom. The zero-order valence-electron chi connectivity index (χ0n) is 13.7. The molecule has 0 saturated carbocycles. The van der Waals surface area contributed by atoms with E-state index in [9.17, 15) is 4.79 Å². The average molecular weight is 305 g/mol. The van der Waals surface area contributed by atoms with Crippen molar-refractivity contribution in [1.29, 1.82) is 0 Å². The molecule has 122 valence electrons. The second kappa shape index (κ2) is 6.77. The molecule has 2 fully saturated rings. The van der Waals surface area contributed by atoms with Crippen LogP contribution in [0.15, 0.2) is 12.7 Å². The van der Waals surface area contributed by atoms with Crippen molar-refractivity contribution in [3.63, 3.8) is 0 Å². The van der Waals surface area contributed by atoms with Gasteiger partial charge in [0.1, 0.15) is 12.7 Å². The number of carbonyl (C=O) groups is 1. The minimum atomic E-state index is 0.0941. The normalized spacial score (nSPS) is 24.9. The summed E-state index contributed by atoms with van der Waals surface area (Å²) >= 11 is 0. The number of nitrogens with zero attached hydrogens (tertiary/aromatic N) is 5. The fourth-order valence-corrected chi connectivity index (χ4v) is 3.80. The smallest absolute Gasteiger partial charge is 0.239 e. The molecule has 1 aromatic heterocycles. The van der Waals surface area contributed by atoms with E-state index in [-0.39, 0.29) is 6.04 Å². The molecular weight excluding hydrogens is 278 g/mol. The highest BCUT2D eigenvalue weighted by atomic mass is 16.2. The molecule has 6 heteroatoms. The van der Waals surface area contributed by atoms with Crippen LogP contribution in [0.1, 0.15) is 52.0 Å². The lowest BCUT2D eigenvalue weighted by atomic mass is 9.97. The largest absolute Gasteiger partial charge is 0.341 e. The van der Waals surface area contributed by atoms with E-state index in [0.717, 1.165) is 38.9 Å². The zero-order chi connectivity index (χ0) is 15.5. The van der Waals surface area contributed by atoms with Gasteiger partial charge in [-0.2, -0.15) is 5.10 Å². The summed E-state index contributed by atoms with van der Waals surface area (Å²) in [5, 5.41) is 4.23. The number of hydrogen-bond acceptors (Lipinski definition) is 4. The molecule has 0 aliphatic carbocycles. The van der Waals surface area contributed by atoms with Gasteiger partial charge in [0.25, 0.3) is 0 Å². The van der Waals surface area contributed by atoms with Gasteiger partial charge in [-0.15, -0.1) is 0 Å². The van der Waals surface area contributed by atoms with Crippen molar-refractivity contribution < 1.29 is 4.79 Å². The summed E-state index contributed by atoms with van der Waals surface area (Å²) in [6.45, 7) is 7.13. The van der Waals surface area contributed by atoms with Gasteiger partial charge in [0.05, 0.1) is 12.1 Å². The van der Waals surface area contributed by atoms with Crippen LogP contribution in [0.25, 0.3) is 0 Å². The van der Waals surface area contributed by atoms with Crippen molar-refractivity contribution in [2.45, 2.75) is 64.1 Å². The third kappa shape index (κ3) is 3.16. The lowest BCUT2D eigenvalue weighted by Crippen LogP contribution is -2.54. The molecule has 0 N–H and O–H groups in total. The van der Waals surface area contributed by atoms with Gasteiger partial charge in [0.15, 0.2) is 0 Å². The molecule has 1 aromatic rings. The summed E-state index contributed by atoms with van der Waals surface area (Å²) in [7, 11) is 0. The molecule has 3 heterocycles. The highest BCUT2D eigenvalue weighted by Crippen LogP contribution is 2.25. The van der Waals surface area contributed by atoms with Crippen LogP contribution in [0.5, 0.6) is 0 Å². The van der Waals surface area contributed by atoms with E-state index in [4.69, 9.17) is 0 Å². The number of likely N-dealkylation sites (tertiary alicyclic amines) is 2. The number of amides is 1. The second-order valence-electron chi connectivity index (χ2n) is 6.78. The molecule has 1 unspecified atom stereocenters. The van der Waals surface area contributed by atoms with Gasteiger partial charge in [-0.3, -0.25) is 9.69 Å². The predicted octanol–water partition coefficient (Wildman–Crippen LogP) is 1.70. The quantitative estimate of drug-likeness (QED) is 0.853. The van der Waals surface area contributed by atoms with Gasteiger partial charge in [0, 0.05) is 19.1 Å². The SMILES string of the molecule is CC(C)N1CCCCC1C(=O)N1CCC(n2cncn2)CC1. The number of rotatable bonds is 3. The fourth-order valence-electron chi connectivity index (χ4n) is 3.80. The van der Waals surface area contributed by atoms with Crippen molar-refractivity contribution in [3.8, 4) is 0 Å². The second-order valence-corrected chi connectivity index (χ2v) is 6.78. The lowest BCUT2D eigenvalue weighted by Gasteiger charge is -2.41. The van der Waals surface area contributed by atoms with Crippen LogP contribution in [0, 0.1) is 0 Å². The van der Waals surface area contributed by atoms with Gasteiger partial charge < -0.3 is 4.90 Å². The van der Waals surface area contributed by atoms with Gasteiger partial charge >= 0.3 is 0 Å². The molecule has 0 bridgehead atoms. The maximum absolute atomic E-state index is 12.9. The van der Waals surface area contributed by atoms with Crippen molar-refractivity contribution in [2.75, 3.05) is 19.6 Å². The summed E-state index contributed by atoms with van der Waals surface area (Å²) in [5.41, 5.74) is 0. The molecule has 2 aliphatic heterocycles. The van der Waals surface area contributed by atoms with E-state index in [2.05, 4.69) is 33.7 Å². The lowest BCUT2D eigenvalue weighted by molar-refractivity contribution is -0.140. The number of hydrogen-bond donors (Lipinski definition) is 0. The highest BCUT2D eigenvalue weighted by molar-refractivity contribution is 5.82. The van der Waals surface area contributed by atoms with Crippen LogP contribution in [0.3, 0.4) is 0 Å². The van der Waals surface area contributed by atoms with Crippen LogP contribution in [0.4, 0.5) is 0 Å². The van der Waals surface area contributed by atoms with Crippen molar-refractivity contribution in [3.05, 3.63) is 12.7 Å². The molecule has 0 radical (unpaired) electrons. The molecule has 2 saturated heterocycles. The minimum absolute atomic E-state index is 0.0941. The standard InChI is InChI=1S/C16H27N5O/c1-13(2)20-8-4-3-5-15(20)16(22)19-9-6-14(7-10-19)21-12-17-11-18-21/h11-15H,3-10H2,1-2H3. The van der Waals surface area contributed by atoms with Crippen LogP contribution >= 0.6 is 0 Å². The predicted molar refractivity (Wildman–Crippen MR) is 84.4 cm³/mol. The van der Waals surface area contributed by atoms with Crippen molar-refractivity contribution in [1.82, 2.24) is 24.6 Å². The van der Waals surface area contributed by atoms with E-state index in [0.29, 0.717) is 18.0 Å². The monoisotopic (exact) mass is 305 g/mol. The summed E-state index contributed by atoms with van der Waals surface area (Å²) in [6.07, 6.45) is 8.72. The molecule has 22 heavy (non-hydrogen) atoms. The summed E-state index contributed by atoms with van der Waals surface area (Å²) in [4.78, 5) is 21.4. The number of aromatic nitrogens is 3. The topological polar surface area (TPSA) is 54.3 Å². The van der Waals surface area contributed by atoms with Crippen LogP contribution in [0.2, 0.25) is 0 Å². The van der Waals surface area contributed by atoms with Gasteiger partial charge in [-0.25, -0.2) is 9.67 Å². The Balaban J connectivity index is 1.59. The Bertz CT molecular complexity index is 479. The van der Waals surface area contributed by atoms with Crippen molar-refractivity contribution >= 4 is 5.91 Å². The maximum atomic E-state index is 12.9. The van der Waals surface area contributed by atoms with E-state index in [1.807, 2.05) is 4.68 Å². The first kappa shape index (κ1) is 15.5. The Morgan fingerprint density at radius 3 is 2.55 bits per heavy atom. The molecule has 1 amide bonds. The van der Waals surface area contributed by atoms with Crippen molar-refractivity contribution in [2.24, 2.45) is 0 Å². The number of carbonyl (C=O) groups excluding carboxylic acids is 1. The van der Waals surface area contributed by atoms with Crippen LogP contribution in [-0.2, 0) is 4.79 Å². The first-order chi connectivity index (χ1) is 10.7. The minimum Gasteiger partial charge on any atom is -0.341 e. The highest BCUT2D eigenvalue weighted by Gasteiger charge is 2.34. The third-order valence-corrected chi connectivity index (χ3v) is 5.08. The summed E-state index contributed by atoms with van der Waals surface area (Å²) in [6, 6.07) is 0.928. The average Bonchev–Trinajstić information content (AvgIpc) is 3.09. The molecular formula is C16H27N5O. The Labute approximate surface area is 132 Å². The van der Waals surface area contributed by atoms with E-state index < -0.39 is 0 Å². The molecule has 3 rings (SSSR count). The first-order valence-corrected chi connectivity index (χ1v) is 8.55. The summed E-state index contributed by atoms with van der Waals surface area (Å²) in [5.74, 6) is 0.338. The Hall–Kier alpha value is -1.43. The fraction of sp³-hybridized carbons (Fsp3) is 0.812. The molecule has 6 nitrogen and oxygen atoms in total. The van der Waals surface area contributed by atoms with Gasteiger partial charge in [-0.1, -0.05) is 6.42 Å². The molecule has 0 aromatic carbocycles.